The SMILES string of the molecule is Cc1nc(-c2ccc(F)c(F)c2)c(N)c(N(C)C2CCN(C)CC2)n1. The summed E-state index contributed by atoms with van der Waals surface area (Å²) in [5.74, 6) is -0.624. The molecular weight excluding hydrogens is 324 g/mol. The van der Waals surface area contributed by atoms with Crippen LogP contribution in [0.15, 0.2) is 18.2 Å². The van der Waals surface area contributed by atoms with Crippen molar-refractivity contribution in [2.24, 2.45) is 0 Å². The van der Waals surface area contributed by atoms with Gasteiger partial charge in [0.05, 0.1) is 5.69 Å². The minimum absolute atomic E-state index is 0.339. The molecule has 0 aliphatic carbocycles. The maximum absolute atomic E-state index is 13.6. The maximum atomic E-state index is 13.6. The molecular formula is C18H23F2N5. The Balaban J connectivity index is 1.98. The average Bonchev–Trinajstić information content (AvgIpc) is 2.59. The summed E-state index contributed by atoms with van der Waals surface area (Å²) in [6, 6.07) is 4.02. The predicted molar refractivity (Wildman–Crippen MR) is 95.5 cm³/mol. The van der Waals surface area contributed by atoms with Crippen LogP contribution in [0.25, 0.3) is 11.3 Å². The van der Waals surface area contributed by atoms with Gasteiger partial charge in [-0.15, -0.1) is 0 Å². The van der Waals surface area contributed by atoms with E-state index in [1.807, 2.05) is 7.05 Å². The number of hydrogen-bond donors (Lipinski definition) is 1. The van der Waals surface area contributed by atoms with Crippen LogP contribution in [0.2, 0.25) is 0 Å². The number of anilines is 2. The molecule has 0 atom stereocenters. The molecule has 2 N–H and O–H groups in total. The summed E-state index contributed by atoms with van der Waals surface area (Å²) in [5.41, 5.74) is 7.58. The van der Waals surface area contributed by atoms with Crippen LogP contribution >= 0.6 is 0 Å². The average molecular weight is 347 g/mol. The second-order valence-corrected chi connectivity index (χ2v) is 6.63. The highest BCUT2D eigenvalue weighted by Gasteiger charge is 2.24. The number of halogens is 2. The van der Waals surface area contributed by atoms with Gasteiger partial charge < -0.3 is 15.5 Å². The second-order valence-electron chi connectivity index (χ2n) is 6.63. The fourth-order valence-corrected chi connectivity index (χ4v) is 3.25. The number of likely N-dealkylation sites (tertiary alicyclic amines) is 1. The van der Waals surface area contributed by atoms with Gasteiger partial charge in [0.1, 0.15) is 11.5 Å². The third-order valence-electron chi connectivity index (χ3n) is 4.80. The molecule has 3 rings (SSSR count). The van der Waals surface area contributed by atoms with Crippen LogP contribution in [-0.4, -0.2) is 48.1 Å². The minimum Gasteiger partial charge on any atom is -0.394 e. The second kappa shape index (κ2) is 6.92. The Labute approximate surface area is 146 Å². The van der Waals surface area contributed by atoms with Gasteiger partial charge >= 0.3 is 0 Å². The van der Waals surface area contributed by atoms with Gasteiger partial charge in [-0.2, -0.15) is 0 Å². The monoisotopic (exact) mass is 347 g/mol. The van der Waals surface area contributed by atoms with Crippen LogP contribution in [-0.2, 0) is 0 Å². The van der Waals surface area contributed by atoms with Gasteiger partial charge in [0, 0.05) is 18.7 Å². The molecule has 0 radical (unpaired) electrons. The van der Waals surface area contributed by atoms with E-state index in [0.717, 1.165) is 38.1 Å². The van der Waals surface area contributed by atoms with E-state index in [-0.39, 0.29) is 0 Å². The molecule has 1 aliphatic rings. The summed E-state index contributed by atoms with van der Waals surface area (Å²) in [7, 11) is 4.09. The van der Waals surface area contributed by atoms with Gasteiger partial charge in [-0.3, -0.25) is 0 Å². The van der Waals surface area contributed by atoms with E-state index in [0.29, 0.717) is 34.6 Å². The molecule has 1 saturated heterocycles. The summed E-state index contributed by atoms with van der Waals surface area (Å²) in [4.78, 5) is 13.2. The Kier molecular flexibility index (Phi) is 4.85. The Morgan fingerprint density at radius 1 is 1.16 bits per heavy atom. The zero-order chi connectivity index (χ0) is 18.1. The molecule has 5 nitrogen and oxygen atoms in total. The number of aryl methyl sites for hydroxylation is 1. The normalized spacial score (nSPS) is 16.2. The van der Waals surface area contributed by atoms with Crippen molar-refractivity contribution < 1.29 is 8.78 Å². The lowest BCUT2D eigenvalue weighted by atomic mass is 10.0. The van der Waals surface area contributed by atoms with Gasteiger partial charge in [0.15, 0.2) is 17.5 Å². The minimum atomic E-state index is -0.918. The third-order valence-corrected chi connectivity index (χ3v) is 4.80. The summed E-state index contributed by atoms with van der Waals surface area (Å²) >= 11 is 0. The molecule has 1 aromatic carbocycles. The van der Waals surface area contributed by atoms with Crippen LogP contribution in [0.3, 0.4) is 0 Å². The van der Waals surface area contributed by atoms with Gasteiger partial charge in [-0.25, -0.2) is 18.7 Å². The molecule has 2 aromatic rings. The lowest BCUT2D eigenvalue weighted by Crippen LogP contribution is -2.42. The topological polar surface area (TPSA) is 58.3 Å². The van der Waals surface area contributed by atoms with Crippen molar-refractivity contribution in [3.63, 3.8) is 0 Å². The van der Waals surface area contributed by atoms with Crippen LogP contribution < -0.4 is 10.6 Å². The number of piperidine rings is 1. The van der Waals surface area contributed by atoms with E-state index in [9.17, 15) is 8.78 Å². The number of nitrogens with zero attached hydrogens (tertiary/aromatic N) is 4. The van der Waals surface area contributed by atoms with Crippen molar-refractivity contribution in [2.45, 2.75) is 25.8 Å². The van der Waals surface area contributed by atoms with Crippen molar-refractivity contribution in [3.05, 3.63) is 35.7 Å². The van der Waals surface area contributed by atoms with E-state index in [4.69, 9.17) is 5.73 Å². The third kappa shape index (κ3) is 3.56. The van der Waals surface area contributed by atoms with Gasteiger partial charge in [0.2, 0.25) is 0 Å². The first-order valence-electron chi connectivity index (χ1n) is 8.37. The number of nitrogen functional groups attached to an aromatic ring is 1. The predicted octanol–water partition coefficient (Wildman–Crippen LogP) is 2.84. The standard InChI is InChI=1S/C18H23F2N5/c1-11-22-17(12-4-5-14(19)15(20)10-12)16(21)18(23-11)25(3)13-6-8-24(2)9-7-13/h4-5,10,13H,6-9,21H2,1-3H3. The molecule has 1 aromatic heterocycles. The summed E-state index contributed by atoms with van der Waals surface area (Å²) in [6.45, 7) is 3.82. The zero-order valence-electron chi connectivity index (χ0n) is 14.8. The molecule has 1 aliphatic heterocycles. The van der Waals surface area contributed by atoms with Gasteiger partial charge in [-0.1, -0.05) is 0 Å². The number of nitrogens with two attached hydrogens (primary N) is 1. The Bertz CT molecular complexity index is 772. The maximum Gasteiger partial charge on any atom is 0.159 e. The first kappa shape index (κ1) is 17.5. The molecule has 0 spiro atoms. The Morgan fingerprint density at radius 2 is 1.84 bits per heavy atom. The fraction of sp³-hybridized carbons (Fsp3) is 0.444. The fourth-order valence-electron chi connectivity index (χ4n) is 3.25. The van der Waals surface area contributed by atoms with Crippen molar-refractivity contribution in [1.29, 1.82) is 0 Å². The Morgan fingerprint density at radius 3 is 2.48 bits per heavy atom. The van der Waals surface area contributed by atoms with E-state index in [1.54, 1.807) is 6.92 Å². The smallest absolute Gasteiger partial charge is 0.159 e. The van der Waals surface area contributed by atoms with E-state index < -0.39 is 11.6 Å². The number of aromatic nitrogens is 2. The molecule has 7 heteroatoms. The van der Waals surface area contributed by atoms with Crippen molar-refractivity contribution in [3.8, 4) is 11.3 Å². The molecule has 0 amide bonds. The quantitative estimate of drug-likeness (QED) is 0.925. The number of benzene rings is 1. The summed E-state index contributed by atoms with van der Waals surface area (Å²) in [6.07, 6.45) is 2.05. The molecule has 134 valence electrons. The molecule has 0 bridgehead atoms. The highest BCUT2D eigenvalue weighted by Crippen LogP contribution is 2.33. The van der Waals surface area contributed by atoms with Crippen LogP contribution in [0, 0.1) is 18.6 Å². The van der Waals surface area contributed by atoms with Gasteiger partial charge in [0.25, 0.3) is 0 Å². The highest BCUT2D eigenvalue weighted by molar-refractivity contribution is 5.81. The molecule has 2 heterocycles. The van der Waals surface area contributed by atoms with E-state index in [1.165, 1.54) is 6.07 Å². The Hall–Kier alpha value is -2.28. The van der Waals surface area contributed by atoms with Crippen LogP contribution in [0.1, 0.15) is 18.7 Å². The number of rotatable bonds is 3. The number of hydrogen-bond acceptors (Lipinski definition) is 5. The first-order valence-corrected chi connectivity index (χ1v) is 8.37. The summed E-state index contributed by atoms with van der Waals surface area (Å²) < 4.78 is 26.8. The van der Waals surface area contributed by atoms with Gasteiger partial charge in [-0.05, 0) is 58.1 Å². The van der Waals surface area contributed by atoms with Crippen molar-refractivity contribution in [2.75, 3.05) is 37.8 Å². The first-order chi connectivity index (χ1) is 11.9. The molecule has 25 heavy (non-hydrogen) atoms. The zero-order valence-corrected chi connectivity index (χ0v) is 14.8. The lowest BCUT2D eigenvalue weighted by Gasteiger charge is -2.36. The van der Waals surface area contributed by atoms with Crippen LogP contribution in [0.4, 0.5) is 20.3 Å². The molecule has 1 fully saturated rings. The molecule has 0 unspecified atom stereocenters. The largest absolute Gasteiger partial charge is 0.394 e. The summed E-state index contributed by atoms with van der Waals surface area (Å²) in [5, 5.41) is 0. The van der Waals surface area contributed by atoms with Crippen molar-refractivity contribution >= 4 is 11.5 Å². The van der Waals surface area contributed by atoms with Crippen molar-refractivity contribution in [1.82, 2.24) is 14.9 Å². The van der Waals surface area contributed by atoms with Crippen LogP contribution in [0.5, 0.6) is 0 Å². The lowest BCUT2D eigenvalue weighted by molar-refractivity contribution is 0.252. The van der Waals surface area contributed by atoms with E-state index in [2.05, 4.69) is 26.8 Å². The van der Waals surface area contributed by atoms with E-state index >= 15 is 0 Å². The highest BCUT2D eigenvalue weighted by atomic mass is 19.2. The molecule has 0 saturated carbocycles.